The Morgan fingerprint density at radius 2 is 1.80 bits per heavy atom. The third-order valence-electron chi connectivity index (χ3n) is 6.08. The van der Waals surface area contributed by atoms with Gasteiger partial charge in [0.15, 0.2) is 14.8 Å². The minimum Gasteiger partial charge on any atom is -0.348 e. The zero-order valence-electron chi connectivity index (χ0n) is 16.4. The summed E-state index contributed by atoms with van der Waals surface area (Å²) in [6.07, 6.45) is 10.6. The molecule has 1 unspecified atom stereocenters. The molecule has 2 aliphatic rings. The molecule has 10 heteroatoms. The molecular weight excluding hydrogens is 438 g/mol. The molecule has 0 amide bonds. The Morgan fingerprint density at radius 3 is 2.47 bits per heavy atom. The van der Waals surface area contributed by atoms with E-state index in [2.05, 4.69) is 38.5 Å². The number of hydrogen-bond donors (Lipinski definition) is 2. The lowest BCUT2D eigenvalue weighted by atomic mass is 9.99. The van der Waals surface area contributed by atoms with E-state index in [-0.39, 0.29) is 12.4 Å². The zero-order valence-corrected chi connectivity index (χ0v) is 18.9. The summed E-state index contributed by atoms with van der Waals surface area (Å²) < 4.78 is 0. The standard InChI is InChI=1S/C20H21N7S2.ClH/c1-27(15-6-13-3-4-14(7-15)24-13)20-26-19-18(29-20)25-17(28-19)16-5-2-11(8-21-16)12-9-22-23-10-12;/h2,5,8-10,13-15,24H,3-4,6-7H2,1H3,(H,22,23);1H/t13-,14+,15?;. The van der Waals surface area contributed by atoms with Crippen LogP contribution in [0, 0.1) is 0 Å². The average Bonchev–Trinajstić information content (AvgIpc) is 3.51. The van der Waals surface area contributed by atoms with Gasteiger partial charge in [-0.3, -0.25) is 10.1 Å². The number of aromatic amines is 1. The molecule has 0 saturated carbocycles. The molecule has 2 saturated heterocycles. The largest absolute Gasteiger partial charge is 0.348 e. The third-order valence-corrected chi connectivity index (χ3v) is 8.22. The molecule has 0 aromatic carbocycles. The van der Waals surface area contributed by atoms with E-state index in [1.54, 1.807) is 28.9 Å². The lowest BCUT2D eigenvalue weighted by molar-refractivity contribution is 0.354. The van der Waals surface area contributed by atoms with Crippen molar-refractivity contribution in [1.29, 1.82) is 0 Å². The maximum atomic E-state index is 4.90. The second kappa shape index (κ2) is 7.88. The Morgan fingerprint density at radius 1 is 1.00 bits per heavy atom. The van der Waals surface area contributed by atoms with E-state index in [0.29, 0.717) is 18.1 Å². The van der Waals surface area contributed by atoms with Crippen LogP contribution in [0.1, 0.15) is 25.7 Å². The Balaban J connectivity index is 0.00000193. The zero-order chi connectivity index (χ0) is 19.4. The van der Waals surface area contributed by atoms with Gasteiger partial charge in [-0.15, -0.1) is 12.4 Å². The molecule has 30 heavy (non-hydrogen) atoms. The number of thiazole rings is 2. The number of aromatic nitrogens is 5. The molecule has 0 radical (unpaired) electrons. The van der Waals surface area contributed by atoms with Crippen molar-refractivity contribution in [3.63, 3.8) is 0 Å². The highest BCUT2D eigenvalue weighted by atomic mass is 35.5. The second-order valence-corrected chi connectivity index (χ2v) is 9.85. The maximum absolute atomic E-state index is 4.90. The van der Waals surface area contributed by atoms with Gasteiger partial charge >= 0.3 is 0 Å². The first kappa shape index (κ1) is 19.9. The highest BCUT2D eigenvalue weighted by Crippen LogP contribution is 2.38. The molecule has 2 fully saturated rings. The van der Waals surface area contributed by atoms with Crippen LogP contribution in [0.25, 0.3) is 31.5 Å². The van der Waals surface area contributed by atoms with E-state index in [1.165, 1.54) is 25.7 Å². The third kappa shape index (κ3) is 3.49. The molecule has 7 nitrogen and oxygen atoms in total. The van der Waals surface area contributed by atoms with E-state index < -0.39 is 0 Å². The van der Waals surface area contributed by atoms with Crippen LogP contribution in [0.2, 0.25) is 0 Å². The molecule has 6 rings (SSSR count). The summed E-state index contributed by atoms with van der Waals surface area (Å²) in [5.41, 5.74) is 2.96. The molecule has 2 N–H and O–H groups in total. The van der Waals surface area contributed by atoms with Gasteiger partial charge in [0.05, 0.1) is 11.9 Å². The van der Waals surface area contributed by atoms with Crippen molar-refractivity contribution >= 4 is 49.9 Å². The fraction of sp³-hybridized carbons (Fsp3) is 0.400. The van der Waals surface area contributed by atoms with E-state index in [4.69, 9.17) is 9.97 Å². The summed E-state index contributed by atoms with van der Waals surface area (Å²) in [5.74, 6) is 0. The van der Waals surface area contributed by atoms with Gasteiger partial charge in [0.1, 0.15) is 5.01 Å². The minimum absolute atomic E-state index is 0. The van der Waals surface area contributed by atoms with Gasteiger partial charge in [0.25, 0.3) is 0 Å². The van der Waals surface area contributed by atoms with Crippen molar-refractivity contribution in [2.24, 2.45) is 0 Å². The number of fused-ring (bicyclic) bond motifs is 3. The summed E-state index contributed by atoms with van der Waals surface area (Å²) in [7, 11) is 2.19. The highest BCUT2D eigenvalue weighted by molar-refractivity contribution is 7.29. The molecule has 156 valence electrons. The number of nitrogens with zero attached hydrogens (tertiary/aromatic N) is 5. The number of rotatable bonds is 4. The number of halogens is 1. The summed E-state index contributed by atoms with van der Waals surface area (Å²) >= 11 is 3.31. The molecule has 4 aromatic rings. The smallest absolute Gasteiger partial charge is 0.188 e. The maximum Gasteiger partial charge on any atom is 0.188 e. The Kier molecular flexibility index (Phi) is 5.22. The molecule has 6 heterocycles. The summed E-state index contributed by atoms with van der Waals surface area (Å²) in [4.78, 5) is 18.7. The summed E-state index contributed by atoms with van der Waals surface area (Å²) in [6.45, 7) is 0. The van der Waals surface area contributed by atoms with Gasteiger partial charge in [0, 0.05) is 48.7 Å². The van der Waals surface area contributed by atoms with Crippen LogP contribution < -0.4 is 10.2 Å². The minimum atomic E-state index is 0. The lowest BCUT2D eigenvalue weighted by Gasteiger charge is -2.35. The lowest BCUT2D eigenvalue weighted by Crippen LogP contribution is -2.47. The van der Waals surface area contributed by atoms with E-state index in [9.17, 15) is 0 Å². The summed E-state index contributed by atoms with van der Waals surface area (Å²) in [5, 5.41) is 12.6. The summed E-state index contributed by atoms with van der Waals surface area (Å²) in [6, 6.07) is 6.01. The number of piperidine rings is 1. The number of nitrogens with one attached hydrogen (secondary N) is 2. The first-order valence-corrected chi connectivity index (χ1v) is 11.6. The normalized spacial score (nSPS) is 22.9. The Hall–Kier alpha value is -2.07. The van der Waals surface area contributed by atoms with Gasteiger partial charge in [-0.05, 0) is 31.7 Å². The first-order chi connectivity index (χ1) is 14.2. The van der Waals surface area contributed by atoms with Gasteiger partial charge < -0.3 is 10.2 Å². The van der Waals surface area contributed by atoms with Crippen LogP contribution in [0.15, 0.2) is 30.7 Å². The van der Waals surface area contributed by atoms with Crippen LogP contribution >= 0.6 is 35.1 Å². The second-order valence-electron chi connectivity index (χ2n) is 7.92. The topological polar surface area (TPSA) is 82.6 Å². The fourth-order valence-corrected chi connectivity index (χ4v) is 6.54. The Bertz CT molecular complexity index is 1090. The number of anilines is 1. The molecule has 2 bridgehead atoms. The molecule has 3 atom stereocenters. The number of pyridine rings is 1. The molecule has 4 aromatic heterocycles. The van der Waals surface area contributed by atoms with Crippen LogP contribution in [0.5, 0.6) is 0 Å². The van der Waals surface area contributed by atoms with Gasteiger partial charge in [0.2, 0.25) is 0 Å². The quantitative estimate of drug-likeness (QED) is 0.472. The van der Waals surface area contributed by atoms with Crippen molar-refractivity contribution in [3.8, 4) is 21.8 Å². The van der Waals surface area contributed by atoms with Crippen LogP contribution in [-0.4, -0.2) is 50.3 Å². The monoisotopic (exact) mass is 459 g/mol. The average molecular weight is 460 g/mol. The van der Waals surface area contributed by atoms with Gasteiger partial charge in [-0.25, -0.2) is 9.97 Å². The first-order valence-electron chi connectivity index (χ1n) is 9.95. The fourth-order valence-electron chi connectivity index (χ4n) is 4.49. The Labute approximate surface area is 188 Å². The van der Waals surface area contributed by atoms with Crippen LogP contribution in [0.4, 0.5) is 5.13 Å². The van der Waals surface area contributed by atoms with Gasteiger partial charge in [-0.1, -0.05) is 28.7 Å². The number of hydrogen-bond acceptors (Lipinski definition) is 8. The molecule has 0 aliphatic carbocycles. The number of H-pyrrole nitrogens is 1. The SMILES string of the molecule is CN(c1nc2sc(-c3ccc(-c4cn[nH]c4)cn3)nc2s1)C1C[C@H]2CC[C@@H](C1)N2.Cl. The van der Waals surface area contributed by atoms with Crippen molar-refractivity contribution in [2.45, 2.75) is 43.8 Å². The predicted octanol–water partition coefficient (Wildman–Crippen LogP) is 4.35. The van der Waals surface area contributed by atoms with Crippen molar-refractivity contribution in [3.05, 3.63) is 30.7 Å². The molecule has 0 spiro atoms. The predicted molar refractivity (Wildman–Crippen MR) is 125 cm³/mol. The molecule has 2 aliphatic heterocycles. The van der Waals surface area contributed by atoms with E-state index in [1.807, 2.05) is 18.5 Å². The van der Waals surface area contributed by atoms with Crippen molar-refractivity contribution in [1.82, 2.24) is 30.5 Å². The van der Waals surface area contributed by atoms with E-state index >= 15 is 0 Å². The molecular formula is C20H22ClN7S2. The van der Waals surface area contributed by atoms with Crippen LogP contribution in [-0.2, 0) is 0 Å². The van der Waals surface area contributed by atoms with Crippen molar-refractivity contribution < 1.29 is 0 Å². The van der Waals surface area contributed by atoms with Crippen LogP contribution in [0.3, 0.4) is 0 Å². The van der Waals surface area contributed by atoms with E-state index in [0.717, 1.165) is 36.6 Å². The van der Waals surface area contributed by atoms with Crippen molar-refractivity contribution in [2.75, 3.05) is 11.9 Å². The highest BCUT2D eigenvalue weighted by Gasteiger charge is 2.36. The van der Waals surface area contributed by atoms with Gasteiger partial charge in [-0.2, -0.15) is 5.10 Å².